The number of carbonyl (C=O) groups is 1. The fourth-order valence-electron chi connectivity index (χ4n) is 2.67. The Morgan fingerprint density at radius 2 is 2.00 bits per heavy atom. The van der Waals surface area contributed by atoms with Crippen LogP contribution < -0.4 is 4.74 Å². The number of hydrogen-bond acceptors (Lipinski definition) is 5. The van der Waals surface area contributed by atoms with E-state index < -0.39 is 0 Å². The van der Waals surface area contributed by atoms with E-state index in [0.717, 1.165) is 32.7 Å². The standard InChI is InChI=1S/C17H20N4O2/c1-23-16-5-4-15(12-19-16)17(22)21-9-7-20(8-10-21)13-14-3-2-6-18-11-14/h2-6,11-12H,7-10,13H2,1H3. The third-order valence-corrected chi connectivity index (χ3v) is 3.98. The van der Waals surface area contributed by atoms with Crippen molar-refractivity contribution in [3.63, 3.8) is 0 Å². The van der Waals surface area contributed by atoms with Crippen LogP contribution in [0.4, 0.5) is 0 Å². The van der Waals surface area contributed by atoms with Crippen LogP contribution >= 0.6 is 0 Å². The lowest BCUT2D eigenvalue weighted by atomic mass is 10.2. The Balaban J connectivity index is 1.54. The molecule has 0 N–H and O–H groups in total. The summed E-state index contributed by atoms with van der Waals surface area (Å²) < 4.78 is 5.02. The van der Waals surface area contributed by atoms with Crippen LogP contribution in [0.25, 0.3) is 0 Å². The molecule has 120 valence electrons. The summed E-state index contributed by atoms with van der Waals surface area (Å²) in [5, 5.41) is 0. The molecule has 0 spiro atoms. The van der Waals surface area contributed by atoms with Gasteiger partial charge in [-0.2, -0.15) is 0 Å². The number of ether oxygens (including phenoxy) is 1. The quantitative estimate of drug-likeness (QED) is 0.855. The van der Waals surface area contributed by atoms with E-state index in [9.17, 15) is 4.79 Å². The van der Waals surface area contributed by atoms with Gasteiger partial charge in [0.05, 0.1) is 12.7 Å². The number of rotatable bonds is 4. The summed E-state index contributed by atoms with van der Waals surface area (Å²) in [5.74, 6) is 0.545. The second kappa shape index (κ2) is 7.19. The maximum absolute atomic E-state index is 12.5. The van der Waals surface area contributed by atoms with E-state index in [4.69, 9.17) is 4.74 Å². The van der Waals surface area contributed by atoms with Gasteiger partial charge in [0.2, 0.25) is 5.88 Å². The van der Waals surface area contributed by atoms with Gasteiger partial charge in [0.15, 0.2) is 0 Å². The summed E-state index contributed by atoms with van der Waals surface area (Å²) in [5.41, 5.74) is 1.80. The van der Waals surface area contributed by atoms with Gasteiger partial charge in [-0.15, -0.1) is 0 Å². The molecule has 0 atom stereocenters. The molecule has 1 aliphatic heterocycles. The minimum Gasteiger partial charge on any atom is -0.481 e. The van der Waals surface area contributed by atoms with Crippen LogP contribution in [0.15, 0.2) is 42.9 Å². The molecule has 0 radical (unpaired) electrons. The van der Waals surface area contributed by atoms with E-state index in [-0.39, 0.29) is 5.91 Å². The topological polar surface area (TPSA) is 58.6 Å². The highest BCUT2D eigenvalue weighted by molar-refractivity contribution is 5.94. The molecular formula is C17H20N4O2. The maximum Gasteiger partial charge on any atom is 0.255 e. The van der Waals surface area contributed by atoms with E-state index >= 15 is 0 Å². The maximum atomic E-state index is 12.5. The van der Waals surface area contributed by atoms with Gasteiger partial charge in [0.1, 0.15) is 0 Å². The van der Waals surface area contributed by atoms with Crippen LogP contribution in [-0.2, 0) is 6.54 Å². The highest BCUT2D eigenvalue weighted by atomic mass is 16.5. The van der Waals surface area contributed by atoms with Gasteiger partial charge in [-0.05, 0) is 17.7 Å². The van der Waals surface area contributed by atoms with Crippen molar-refractivity contribution in [2.75, 3.05) is 33.3 Å². The summed E-state index contributed by atoms with van der Waals surface area (Å²) >= 11 is 0. The highest BCUT2D eigenvalue weighted by Crippen LogP contribution is 2.12. The van der Waals surface area contributed by atoms with E-state index in [1.807, 2.05) is 17.2 Å². The predicted molar refractivity (Wildman–Crippen MR) is 86.2 cm³/mol. The first kappa shape index (κ1) is 15.4. The average molecular weight is 312 g/mol. The van der Waals surface area contributed by atoms with Crippen molar-refractivity contribution < 1.29 is 9.53 Å². The van der Waals surface area contributed by atoms with Crippen LogP contribution in [0.1, 0.15) is 15.9 Å². The number of amides is 1. The SMILES string of the molecule is COc1ccc(C(=O)N2CCN(Cc3cccnc3)CC2)cn1. The monoisotopic (exact) mass is 312 g/mol. The van der Waals surface area contributed by atoms with Gasteiger partial charge in [-0.25, -0.2) is 4.98 Å². The highest BCUT2D eigenvalue weighted by Gasteiger charge is 2.22. The van der Waals surface area contributed by atoms with Crippen molar-refractivity contribution in [3.05, 3.63) is 54.0 Å². The summed E-state index contributed by atoms with van der Waals surface area (Å²) in [7, 11) is 1.56. The first-order chi connectivity index (χ1) is 11.3. The zero-order valence-corrected chi connectivity index (χ0v) is 13.2. The van der Waals surface area contributed by atoms with Crippen molar-refractivity contribution in [1.29, 1.82) is 0 Å². The predicted octanol–water partition coefficient (Wildman–Crippen LogP) is 1.44. The Morgan fingerprint density at radius 3 is 2.61 bits per heavy atom. The summed E-state index contributed by atoms with van der Waals surface area (Å²) in [4.78, 5) is 24.9. The molecule has 1 saturated heterocycles. The molecule has 23 heavy (non-hydrogen) atoms. The van der Waals surface area contributed by atoms with E-state index in [0.29, 0.717) is 11.4 Å². The lowest BCUT2D eigenvalue weighted by Crippen LogP contribution is -2.48. The van der Waals surface area contributed by atoms with Gasteiger partial charge in [-0.3, -0.25) is 14.7 Å². The minimum absolute atomic E-state index is 0.0289. The summed E-state index contributed by atoms with van der Waals surface area (Å²) in [6, 6.07) is 7.50. The lowest BCUT2D eigenvalue weighted by molar-refractivity contribution is 0.0628. The second-order valence-corrected chi connectivity index (χ2v) is 5.52. The molecule has 1 fully saturated rings. The van der Waals surface area contributed by atoms with E-state index in [2.05, 4.69) is 20.9 Å². The molecular weight excluding hydrogens is 292 g/mol. The number of aromatic nitrogens is 2. The summed E-state index contributed by atoms with van der Waals surface area (Å²) in [6.45, 7) is 4.06. The zero-order chi connectivity index (χ0) is 16.1. The van der Waals surface area contributed by atoms with Gasteiger partial charge < -0.3 is 9.64 Å². The first-order valence-corrected chi connectivity index (χ1v) is 7.67. The third-order valence-electron chi connectivity index (χ3n) is 3.98. The molecule has 3 heterocycles. The number of methoxy groups -OCH3 is 1. The largest absolute Gasteiger partial charge is 0.481 e. The van der Waals surface area contributed by atoms with Crippen molar-refractivity contribution in [2.45, 2.75) is 6.54 Å². The van der Waals surface area contributed by atoms with Crippen LogP contribution in [0.2, 0.25) is 0 Å². The Labute approximate surface area is 135 Å². The first-order valence-electron chi connectivity index (χ1n) is 7.67. The van der Waals surface area contributed by atoms with Gasteiger partial charge in [0.25, 0.3) is 5.91 Å². The van der Waals surface area contributed by atoms with Crippen LogP contribution in [0, 0.1) is 0 Å². The number of carbonyl (C=O) groups excluding carboxylic acids is 1. The molecule has 1 amide bonds. The fourth-order valence-corrected chi connectivity index (χ4v) is 2.67. The number of hydrogen-bond donors (Lipinski definition) is 0. The zero-order valence-electron chi connectivity index (χ0n) is 13.2. The Bertz CT molecular complexity index is 637. The summed E-state index contributed by atoms with van der Waals surface area (Å²) in [6.07, 6.45) is 5.24. The minimum atomic E-state index is 0.0289. The van der Waals surface area contributed by atoms with E-state index in [1.165, 1.54) is 5.56 Å². The van der Waals surface area contributed by atoms with Crippen LogP contribution in [0.3, 0.4) is 0 Å². The third kappa shape index (κ3) is 3.84. The van der Waals surface area contributed by atoms with Crippen molar-refractivity contribution in [2.24, 2.45) is 0 Å². The number of nitrogens with zero attached hydrogens (tertiary/aromatic N) is 4. The van der Waals surface area contributed by atoms with Crippen molar-refractivity contribution >= 4 is 5.91 Å². The normalized spacial score (nSPS) is 15.4. The Morgan fingerprint density at radius 1 is 1.17 bits per heavy atom. The molecule has 2 aromatic heterocycles. The molecule has 0 aliphatic carbocycles. The molecule has 0 bridgehead atoms. The molecule has 2 aromatic rings. The van der Waals surface area contributed by atoms with Crippen LogP contribution in [-0.4, -0.2) is 59.0 Å². The molecule has 0 aromatic carbocycles. The molecule has 0 unspecified atom stereocenters. The molecule has 6 nitrogen and oxygen atoms in total. The number of piperazine rings is 1. The van der Waals surface area contributed by atoms with Gasteiger partial charge in [-0.1, -0.05) is 6.07 Å². The van der Waals surface area contributed by atoms with Crippen molar-refractivity contribution in [3.8, 4) is 5.88 Å². The smallest absolute Gasteiger partial charge is 0.255 e. The fraction of sp³-hybridized carbons (Fsp3) is 0.353. The van der Waals surface area contributed by atoms with Crippen molar-refractivity contribution in [1.82, 2.24) is 19.8 Å². The van der Waals surface area contributed by atoms with Gasteiger partial charge >= 0.3 is 0 Å². The van der Waals surface area contributed by atoms with E-state index in [1.54, 1.807) is 31.6 Å². The number of pyridine rings is 2. The van der Waals surface area contributed by atoms with Crippen LogP contribution in [0.5, 0.6) is 5.88 Å². The average Bonchev–Trinajstić information content (AvgIpc) is 2.63. The Kier molecular flexibility index (Phi) is 4.83. The molecule has 1 aliphatic rings. The lowest BCUT2D eigenvalue weighted by Gasteiger charge is -2.34. The second-order valence-electron chi connectivity index (χ2n) is 5.52. The van der Waals surface area contributed by atoms with Gasteiger partial charge in [0, 0.05) is 57.4 Å². The molecule has 6 heteroatoms. The molecule has 3 rings (SSSR count). The Hall–Kier alpha value is -2.47. The molecule has 0 saturated carbocycles.